The van der Waals surface area contributed by atoms with Crippen LogP contribution in [0.15, 0.2) is 12.1 Å². The number of halogens is 3. The first-order chi connectivity index (χ1) is 13.4. The van der Waals surface area contributed by atoms with Crippen molar-refractivity contribution in [3.05, 3.63) is 50.5 Å². The maximum absolute atomic E-state index is 14.5. The molecule has 0 bridgehead atoms. The van der Waals surface area contributed by atoms with Crippen molar-refractivity contribution >= 4 is 29.7 Å². The third-order valence-electron chi connectivity index (χ3n) is 5.59. The van der Waals surface area contributed by atoms with Crippen molar-refractivity contribution in [2.45, 2.75) is 25.3 Å². The van der Waals surface area contributed by atoms with Crippen LogP contribution in [0, 0.1) is 16.4 Å². The highest BCUT2D eigenvalue weighted by Crippen LogP contribution is 2.37. The van der Waals surface area contributed by atoms with E-state index >= 15 is 0 Å². The third-order valence-corrected chi connectivity index (χ3v) is 6.38. The number of rotatable bonds is 3. The van der Waals surface area contributed by atoms with E-state index in [2.05, 4.69) is 0 Å². The van der Waals surface area contributed by atoms with Gasteiger partial charge in [-0.15, -0.1) is 0 Å². The Hall–Kier alpha value is -1.77. The minimum atomic E-state index is -0.723. The quantitative estimate of drug-likeness (QED) is 0.557. The second-order valence-corrected chi connectivity index (χ2v) is 7.95. The molecule has 1 unspecified atom stereocenters. The summed E-state index contributed by atoms with van der Waals surface area (Å²) in [6.07, 6.45) is 0.611. The molecule has 1 atom stereocenters. The van der Waals surface area contributed by atoms with Gasteiger partial charge in [-0.2, -0.15) is 0 Å². The number of amides is 1. The summed E-state index contributed by atoms with van der Waals surface area (Å²) in [4.78, 5) is 14.5. The lowest BCUT2D eigenvalue weighted by Crippen LogP contribution is -2.41. The molecular weight excluding hydrogens is 408 g/mol. The Kier molecular flexibility index (Phi) is 5.28. The average Bonchev–Trinajstić information content (AvgIpc) is 3.21. The fraction of sp³-hybridized carbons (Fsp3) is 0.474. The van der Waals surface area contributed by atoms with Crippen LogP contribution in [0.4, 0.5) is 8.78 Å². The van der Waals surface area contributed by atoms with E-state index in [0.29, 0.717) is 44.0 Å². The van der Waals surface area contributed by atoms with Crippen molar-refractivity contribution < 1.29 is 18.3 Å². The summed E-state index contributed by atoms with van der Waals surface area (Å²) in [6, 6.07) is 2.40. The van der Waals surface area contributed by atoms with Gasteiger partial charge < -0.3 is 18.8 Å². The molecule has 9 heteroatoms. The van der Waals surface area contributed by atoms with Gasteiger partial charge in [-0.1, -0.05) is 11.6 Å². The van der Waals surface area contributed by atoms with E-state index in [1.54, 1.807) is 4.90 Å². The van der Waals surface area contributed by atoms with Gasteiger partial charge in [0, 0.05) is 49.6 Å². The summed E-state index contributed by atoms with van der Waals surface area (Å²) in [5.74, 6) is -1.74. The van der Waals surface area contributed by atoms with Crippen molar-refractivity contribution in [1.82, 2.24) is 14.0 Å². The van der Waals surface area contributed by atoms with Crippen LogP contribution in [0.1, 0.15) is 22.9 Å². The van der Waals surface area contributed by atoms with Gasteiger partial charge in [-0.05, 0) is 30.8 Å². The number of benzene rings is 1. The van der Waals surface area contributed by atoms with Crippen LogP contribution in [-0.2, 0) is 36.0 Å². The molecular formula is C19H20ClF2N3O2S. The highest BCUT2D eigenvalue weighted by atomic mass is 35.5. The zero-order valence-corrected chi connectivity index (χ0v) is 17.0. The van der Waals surface area contributed by atoms with Gasteiger partial charge in [0.25, 0.3) is 0 Å². The SMILES string of the molecule is Cn1c(CC(=O)N2CCOCC2)c2n(c1=S)CC(c1c(F)ccc(Cl)c1F)C2. The topological polar surface area (TPSA) is 39.4 Å². The molecule has 1 aromatic carbocycles. The average molecular weight is 428 g/mol. The van der Waals surface area contributed by atoms with E-state index in [1.165, 1.54) is 12.1 Å². The van der Waals surface area contributed by atoms with E-state index in [9.17, 15) is 13.6 Å². The number of hydrogen-bond acceptors (Lipinski definition) is 3. The van der Waals surface area contributed by atoms with Crippen LogP contribution in [0.2, 0.25) is 5.02 Å². The molecule has 1 amide bonds. The van der Waals surface area contributed by atoms with Crippen LogP contribution >= 0.6 is 23.8 Å². The van der Waals surface area contributed by atoms with Gasteiger partial charge in [0.15, 0.2) is 4.77 Å². The first-order valence-corrected chi connectivity index (χ1v) is 9.93. The molecule has 1 fully saturated rings. The van der Waals surface area contributed by atoms with Crippen LogP contribution in [0.25, 0.3) is 0 Å². The van der Waals surface area contributed by atoms with Crippen molar-refractivity contribution in [2.24, 2.45) is 7.05 Å². The normalized spacial score (nSPS) is 19.1. The molecule has 4 rings (SSSR count). The van der Waals surface area contributed by atoms with E-state index in [-0.39, 0.29) is 22.9 Å². The Bertz CT molecular complexity index is 998. The first kappa shape index (κ1) is 19.5. The lowest BCUT2D eigenvalue weighted by Gasteiger charge is -2.27. The molecule has 28 heavy (non-hydrogen) atoms. The molecule has 0 radical (unpaired) electrons. The molecule has 0 saturated carbocycles. The van der Waals surface area contributed by atoms with Crippen LogP contribution < -0.4 is 0 Å². The highest BCUT2D eigenvalue weighted by Gasteiger charge is 2.33. The second-order valence-electron chi connectivity index (χ2n) is 7.17. The lowest BCUT2D eigenvalue weighted by atomic mass is 9.95. The molecule has 5 nitrogen and oxygen atoms in total. The number of imidazole rings is 1. The Morgan fingerprint density at radius 2 is 2.04 bits per heavy atom. The molecule has 1 saturated heterocycles. The summed E-state index contributed by atoms with van der Waals surface area (Å²) in [5, 5.41) is -0.0974. The Morgan fingerprint density at radius 3 is 2.75 bits per heavy atom. The fourth-order valence-electron chi connectivity index (χ4n) is 4.09. The van der Waals surface area contributed by atoms with Gasteiger partial charge in [-0.3, -0.25) is 4.79 Å². The Labute approximate surface area is 171 Å². The predicted octanol–water partition coefficient (Wildman–Crippen LogP) is 3.23. The molecule has 0 spiro atoms. The molecule has 0 aliphatic carbocycles. The number of nitrogens with zero attached hydrogens (tertiary/aromatic N) is 3. The number of carbonyl (C=O) groups excluding carboxylic acids is 1. The minimum Gasteiger partial charge on any atom is -0.378 e. The standard InChI is InChI=1S/C19H20ClF2N3O2S/c1-23-14(9-16(26)24-4-6-27-7-5-24)15-8-11(10-25(15)19(23)28)17-13(21)3-2-12(20)18(17)22/h2-3,11H,4-10H2,1H3. The van der Waals surface area contributed by atoms with Crippen molar-refractivity contribution in [1.29, 1.82) is 0 Å². The van der Waals surface area contributed by atoms with Gasteiger partial charge in [0.1, 0.15) is 11.6 Å². The summed E-state index contributed by atoms with van der Waals surface area (Å²) < 4.78 is 38.4. The predicted molar refractivity (Wildman–Crippen MR) is 103 cm³/mol. The van der Waals surface area contributed by atoms with E-state index in [4.69, 9.17) is 28.6 Å². The van der Waals surface area contributed by atoms with E-state index < -0.39 is 17.6 Å². The largest absolute Gasteiger partial charge is 0.378 e. The maximum Gasteiger partial charge on any atom is 0.228 e. The summed E-state index contributed by atoms with van der Waals surface area (Å²) in [7, 11) is 1.82. The van der Waals surface area contributed by atoms with Gasteiger partial charge >= 0.3 is 0 Å². The first-order valence-electron chi connectivity index (χ1n) is 9.14. The van der Waals surface area contributed by atoms with E-state index in [0.717, 1.165) is 11.4 Å². The van der Waals surface area contributed by atoms with Crippen molar-refractivity contribution in [2.75, 3.05) is 26.3 Å². The minimum absolute atomic E-state index is 0.00543. The smallest absolute Gasteiger partial charge is 0.228 e. The molecule has 3 heterocycles. The lowest BCUT2D eigenvalue weighted by molar-refractivity contribution is -0.134. The number of hydrogen-bond donors (Lipinski definition) is 0. The zero-order valence-electron chi connectivity index (χ0n) is 15.4. The van der Waals surface area contributed by atoms with Crippen LogP contribution in [0.5, 0.6) is 0 Å². The number of ether oxygens (including phenoxy) is 1. The number of morpholine rings is 1. The molecule has 0 N–H and O–H groups in total. The Balaban J connectivity index is 1.63. The van der Waals surface area contributed by atoms with Crippen molar-refractivity contribution in [3.63, 3.8) is 0 Å². The molecule has 1 aromatic heterocycles. The fourth-order valence-corrected chi connectivity index (χ4v) is 4.55. The highest BCUT2D eigenvalue weighted by molar-refractivity contribution is 7.71. The molecule has 2 aliphatic rings. The summed E-state index contributed by atoms with van der Waals surface area (Å²) >= 11 is 11.4. The monoisotopic (exact) mass is 427 g/mol. The zero-order chi connectivity index (χ0) is 20.0. The molecule has 2 aromatic rings. The van der Waals surface area contributed by atoms with E-state index in [1.807, 2.05) is 16.2 Å². The third kappa shape index (κ3) is 3.27. The second kappa shape index (κ2) is 7.57. The van der Waals surface area contributed by atoms with Gasteiger partial charge in [-0.25, -0.2) is 8.78 Å². The van der Waals surface area contributed by atoms with Crippen molar-refractivity contribution in [3.8, 4) is 0 Å². The van der Waals surface area contributed by atoms with Crippen LogP contribution in [-0.4, -0.2) is 46.2 Å². The van der Waals surface area contributed by atoms with Gasteiger partial charge in [0.05, 0.1) is 24.7 Å². The van der Waals surface area contributed by atoms with Crippen LogP contribution in [0.3, 0.4) is 0 Å². The van der Waals surface area contributed by atoms with Gasteiger partial charge in [0.2, 0.25) is 5.91 Å². The molecule has 2 aliphatic heterocycles. The number of carbonyl (C=O) groups is 1. The summed E-state index contributed by atoms with van der Waals surface area (Å²) in [6.45, 7) is 2.57. The maximum atomic E-state index is 14.5. The Morgan fingerprint density at radius 1 is 1.32 bits per heavy atom. The number of fused-ring (bicyclic) bond motifs is 1. The molecule has 150 valence electrons. The summed E-state index contributed by atoms with van der Waals surface area (Å²) in [5.41, 5.74) is 1.64. The number of aromatic nitrogens is 2.